The van der Waals surface area contributed by atoms with Crippen molar-refractivity contribution in [3.63, 3.8) is 0 Å². The molecule has 1 rings (SSSR count). The summed E-state index contributed by atoms with van der Waals surface area (Å²) in [6.45, 7) is 4.47. The highest BCUT2D eigenvalue weighted by Crippen LogP contribution is 2.04. The standard InChI is InChI=1S/C17H19NO/c1-3-5-14-18(15-6-4-2)17(19)13-12-16-10-8-7-9-11-16/h7-11H,12-15H2,1-2H3. The second-order valence-electron chi connectivity index (χ2n) is 4.09. The van der Waals surface area contributed by atoms with Crippen LogP contribution in [0.15, 0.2) is 30.3 Å². The quantitative estimate of drug-likeness (QED) is 0.738. The second kappa shape index (κ2) is 8.84. The first-order chi connectivity index (χ1) is 9.27. The van der Waals surface area contributed by atoms with E-state index in [0.717, 1.165) is 6.42 Å². The number of aryl methyl sites for hydroxylation is 1. The molecule has 1 aromatic rings. The van der Waals surface area contributed by atoms with Crippen LogP contribution >= 0.6 is 0 Å². The minimum absolute atomic E-state index is 0.106. The van der Waals surface area contributed by atoms with Gasteiger partial charge < -0.3 is 4.90 Å². The van der Waals surface area contributed by atoms with Crippen molar-refractivity contribution in [1.82, 2.24) is 4.90 Å². The molecule has 0 unspecified atom stereocenters. The molecule has 2 nitrogen and oxygen atoms in total. The predicted octanol–water partition coefficient (Wildman–Crippen LogP) is 2.49. The molecule has 0 atom stereocenters. The van der Waals surface area contributed by atoms with Gasteiger partial charge in [0.05, 0.1) is 13.1 Å². The lowest BCUT2D eigenvalue weighted by molar-refractivity contribution is -0.129. The van der Waals surface area contributed by atoms with Crippen LogP contribution < -0.4 is 0 Å². The lowest BCUT2D eigenvalue weighted by Gasteiger charge is -2.17. The van der Waals surface area contributed by atoms with Gasteiger partial charge >= 0.3 is 0 Å². The summed E-state index contributed by atoms with van der Waals surface area (Å²) in [4.78, 5) is 13.8. The number of benzene rings is 1. The van der Waals surface area contributed by atoms with Crippen LogP contribution in [0.3, 0.4) is 0 Å². The van der Waals surface area contributed by atoms with Gasteiger partial charge in [-0.2, -0.15) is 0 Å². The van der Waals surface area contributed by atoms with Gasteiger partial charge in [-0.15, -0.1) is 11.8 Å². The fraction of sp³-hybridized carbons (Fsp3) is 0.353. The van der Waals surface area contributed by atoms with Crippen LogP contribution in [-0.2, 0) is 11.2 Å². The van der Waals surface area contributed by atoms with Gasteiger partial charge in [0.15, 0.2) is 0 Å². The highest BCUT2D eigenvalue weighted by atomic mass is 16.2. The normalized spacial score (nSPS) is 8.74. The Bertz CT molecular complexity index is 489. The van der Waals surface area contributed by atoms with Crippen molar-refractivity contribution in [2.75, 3.05) is 13.1 Å². The summed E-state index contributed by atoms with van der Waals surface area (Å²) in [5, 5.41) is 0. The summed E-state index contributed by atoms with van der Waals surface area (Å²) in [5.74, 6) is 11.6. The van der Waals surface area contributed by atoms with Gasteiger partial charge in [0.1, 0.15) is 0 Å². The van der Waals surface area contributed by atoms with Gasteiger partial charge in [0, 0.05) is 6.42 Å². The third-order valence-corrected chi connectivity index (χ3v) is 2.72. The van der Waals surface area contributed by atoms with Crippen LogP contribution in [0, 0.1) is 23.7 Å². The van der Waals surface area contributed by atoms with E-state index >= 15 is 0 Å². The van der Waals surface area contributed by atoms with Gasteiger partial charge in [-0.3, -0.25) is 4.79 Å². The van der Waals surface area contributed by atoms with Crippen LogP contribution in [0.4, 0.5) is 0 Å². The van der Waals surface area contributed by atoms with E-state index in [1.807, 2.05) is 30.3 Å². The smallest absolute Gasteiger partial charge is 0.224 e. The number of carbonyl (C=O) groups is 1. The van der Waals surface area contributed by atoms with E-state index in [4.69, 9.17) is 0 Å². The predicted molar refractivity (Wildman–Crippen MR) is 78.2 cm³/mol. The van der Waals surface area contributed by atoms with E-state index in [2.05, 4.69) is 23.7 Å². The Hall–Kier alpha value is -2.19. The van der Waals surface area contributed by atoms with Crippen LogP contribution in [0.2, 0.25) is 0 Å². The van der Waals surface area contributed by atoms with Crippen LogP contribution in [0.25, 0.3) is 0 Å². The molecule has 2 heteroatoms. The van der Waals surface area contributed by atoms with Crippen LogP contribution in [0.1, 0.15) is 25.8 Å². The van der Waals surface area contributed by atoms with Crippen LogP contribution in [0.5, 0.6) is 0 Å². The highest BCUT2D eigenvalue weighted by Gasteiger charge is 2.10. The van der Waals surface area contributed by atoms with Gasteiger partial charge in [-0.25, -0.2) is 0 Å². The Morgan fingerprint density at radius 2 is 1.63 bits per heavy atom. The first-order valence-corrected chi connectivity index (χ1v) is 6.39. The molecule has 1 amide bonds. The maximum absolute atomic E-state index is 12.1. The zero-order valence-electron chi connectivity index (χ0n) is 11.6. The molecule has 0 aliphatic heterocycles. The lowest BCUT2D eigenvalue weighted by Crippen LogP contribution is -2.32. The van der Waals surface area contributed by atoms with Crippen molar-refractivity contribution in [2.45, 2.75) is 26.7 Å². The number of hydrogen-bond acceptors (Lipinski definition) is 1. The molecule has 0 bridgehead atoms. The fourth-order valence-corrected chi connectivity index (χ4v) is 1.64. The minimum atomic E-state index is 0.106. The molecule has 0 spiro atoms. The monoisotopic (exact) mass is 253 g/mol. The molecular formula is C17H19NO. The first kappa shape index (κ1) is 14.9. The Morgan fingerprint density at radius 3 is 2.16 bits per heavy atom. The van der Waals surface area contributed by atoms with Crippen molar-refractivity contribution in [3.05, 3.63) is 35.9 Å². The summed E-state index contributed by atoms with van der Waals surface area (Å²) in [7, 11) is 0. The maximum Gasteiger partial charge on any atom is 0.224 e. The lowest BCUT2D eigenvalue weighted by atomic mass is 10.1. The number of nitrogens with zero attached hydrogens (tertiary/aromatic N) is 1. The second-order valence-corrected chi connectivity index (χ2v) is 4.09. The van der Waals surface area contributed by atoms with E-state index < -0.39 is 0 Å². The third kappa shape index (κ3) is 5.80. The molecular weight excluding hydrogens is 234 g/mol. The summed E-state index contributed by atoms with van der Waals surface area (Å²) in [5.41, 5.74) is 1.18. The third-order valence-electron chi connectivity index (χ3n) is 2.72. The summed E-state index contributed by atoms with van der Waals surface area (Å²) >= 11 is 0. The van der Waals surface area contributed by atoms with E-state index in [1.165, 1.54) is 5.56 Å². The topological polar surface area (TPSA) is 20.3 Å². The molecule has 0 aromatic heterocycles. The Morgan fingerprint density at radius 1 is 1.05 bits per heavy atom. The molecule has 0 aliphatic rings. The van der Waals surface area contributed by atoms with Gasteiger partial charge in [0.25, 0.3) is 0 Å². The average molecular weight is 253 g/mol. The van der Waals surface area contributed by atoms with Gasteiger partial charge in [-0.05, 0) is 25.8 Å². The van der Waals surface area contributed by atoms with Crippen molar-refractivity contribution in [3.8, 4) is 23.7 Å². The number of amides is 1. The summed E-state index contributed by atoms with van der Waals surface area (Å²) < 4.78 is 0. The Kier molecular flexibility index (Phi) is 6.92. The molecule has 0 heterocycles. The maximum atomic E-state index is 12.1. The van der Waals surface area contributed by atoms with E-state index in [-0.39, 0.29) is 5.91 Å². The number of rotatable bonds is 5. The fourth-order valence-electron chi connectivity index (χ4n) is 1.64. The zero-order chi connectivity index (χ0) is 13.9. The number of carbonyl (C=O) groups excluding carboxylic acids is 1. The van der Waals surface area contributed by atoms with Gasteiger partial charge in [-0.1, -0.05) is 42.2 Å². The van der Waals surface area contributed by atoms with E-state index in [0.29, 0.717) is 19.5 Å². The zero-order valence-corrected chi connectivity index (χ0v) is 11.6. The van der Waals surface area contributed by atoms with Crippen LogP contribution in [-0.4, -0.2) is 23.9 Å². The Labute approximate surface area is 115 Å². The molecule has 0 saturated heterocycles. The summed E-state index contributed by atoms with van der Waals surface area (Å²) in [6.07, 6.45) is 1.26. The van der Waals surface area contributed by atoms with Crippen molar-refractivity contribution in [1.29, 1.82) is 0 Å². The largest absolute Gasteiger partial charge is 0.320 e. The summed E-state index contributed by atoms with van der Waals surface area (Å²) in [6, 6.07) is 10.0. The molecule has 0 N–H and O–H groups in total. The molecule has 0 radical (unpaired) electrons. The molecule has 0 saturated carbocycles. The van der Waals surface area contributed by atoms with E-state index in [1.54, 1.807) is 18.7 Å². The van der Waals surface area contributed by atoms with Crippen molar-refractivity contribution < 1.29 is 4.79 Å². The molecule has 0 aliphatic carbocycles. The number of hydrogen-bond donors (Lipinski definition) is 0. The molecule has 98 valence electrons. The average Bonchev–Trinajstić information content (AvgIpc) is 2.46. The molecule has 19 heavy (non-hydrogen) atoms. The molecule has 1 aromatic carbocycles. The minimum Gasteiger partial charge on any atom is -0.320 e. The van der Waals surface area contributed by atoms with Crippen molar-refractivity contribution >= 4 is 5.91 Å². The Balaban J connectivity index is 2.54. The van der Waals surface area contributed by atoms with Crippen molar-refractivity contribution in [2.24, 2.45) is 0 Å². The first-order valence-electron chi connectivity index (χ1n) is 6.39. The van der Waals surface area contributed by atoms with Gasteiger partial charge in [0.2, 0.25) is 5.91 Å². The highest BCUT2D eigenvalue weighted by molar-refractivity contribution is 5.77. The van der Waals surface area contributed by atoms with E-state index in [9.17, 15) is 4.79 Å². The molecule has 0 fully saturated rings. The SMILES string of the molecule is CC#CCN(CC#CC)C(=O)CCc1ccccc1.